The summed E-state index contributed by atoms with van der Waals surface area (Å²) in [6, 6.07) is 5.91. The van der Waals surface area contributed by atoms with Crippen LogP contribution in [-0.4, -0.2) is 47.5 Å². The van der Waals surface area contributed by atoms with Gasteiger partial charge in [-0.05, 0) is 24.5 Å². The van der Waals surface area contributed by atoms with Gasteiger partial charge in [0.25, 0.3) is 0 Å². The summed E-state index contributed by atoms with van der Waals surface area (Å²) in [5, 5.41) is 25.0. The summed E-state index contributed by atoms with van der Waals surface area (Å²) >= 11 is 0. The molecule has 1 saturated heterocycles. The van der Waals surface area contributed by atoms with Gasteiger partial charge in [-0.3, -0.25) is 4.79 Å². The number of aliphatic hydroxyl groups excluding tert-OH is 2. The SMILES string of the molecule is O=C(NCC1(c2ccccc2F)CCCC1)[C@@H]1NC[C@@H](O)[C@H]1O. The van der Waals surface area contributed by atoms with Gasteiger partial charge in [0.1, 0.15) is 18.0 Å². The first kappa shape index (κ1) is 16.4. The predicted octanol–water partition coefficient (Wildman–Crippen LogP) is 0.447. The fraction of sp³-hybridized carbons (Fsp3) is 0.588. The van der Waals surface area contributed by atoms with Crippen LogP contribution in [0.25, 0.3) is 0 Å². The quantitative estimate of drug-likeness (QED) is 0.649. The molecule has 1 aliphatic carbocycles. The van der Waals surface area contributed by atoms with Crippen molar-refractivity contribution >= 4 is 5.91 Å². The van der Waals surface area contributed by atoms with Crippen LogP contribution in [0.5, 0.6) is 0 Å². The molecule has 1 aromatic rings. The first-order valence-electron chi connectivity index (χ1n) is 8.16. The second-order valence-electron chi connectivity index (χ2n) is 6.63. The number of β-amino-alcohol motifs (C(OH)–C–C–N with tert-alkyl or cyclic N) is 1. The van der Waals surface area contributed by atoms with E-state index in [4.69, 9.17) is 0 Å². The fourth-order valence-corrected chi connectivity index (χ4v) is 3.81. The van der Waals surface area contributed by atoms with Gasteiger partial charge >= 0.3 is 0 Å². The molecule has 126 valence electrons. The van der Waals surface area contributed by atoms with Crippen molar-refractivity contribution in [2.75, 3.05) is 13.1 Å². The van der Waals surface area contributed by atoms with Crippen LogP contribution in [0.15, 0.2) is 24.3 Å². The summed E-state index contributed by atoms with van der Waals surface area (Å²) in [6.45, 7) is 0.533. The van der Waals surface area contributed by atoms with Gasteiger partial charge in [-0.15, -0.1) is 0 Å². The highest BCUT2D eigenvalue weighted by molar-refractivity contribution is 5.83. The number of hydrogen-bond donors (Lipinski definition) is 4. The third-order valence-corrected chi connectivity index (χ3v) is 5.17. The van der Waals surface area contributed by atoms with E-state index in [0.29, 0.717) is 12.1 Å². The zero-order valence-corrected chi connectivity index (χ0v) is 13.0. The summed E-state index contributed by atoms with van der Waals surface area (Å²) in [7, 11) is 0. The maximum absolute atomic E-state index is 14.2. The Kier molecular flexibility index (Phi) is 4.66. The Labute approximate surface area is 134 Å². The third kappa shape index (κ3) is 3.11. The van der Waals surface area contributed by atoms with Gasteiger partial charge in [-0.25, -0.2) is 4.39 Å². The number of carbonyl (C=O) groups excluding carboxylic acids is 1. The molecule has 0 radical (unpaired) electrons. The molecule has 1 heterocycles. The van der Waals surface area contributed by atoms with E-state index in [0.717, 1.165) is 25.7 Å². The van der Waals surface area contributed by atoms with Gasteiger partial charge in [0.15, 0.2) is 0 Å². The average Bonchev–Trinajstić information content (AvgIpc) is 3.15. The zero-order valence-electron chi connectivity index (χ0n) is 13.0. The first-order chi connectivity index (χ1) is 11.0. The molecule has 2 aliphatic rings. The Balaban J connectivity index is 1.72. The van der Waals surface area contributed by atoms with E-state index in [1.165, 1.54) is 6.07 Å². The van der Waals surface area contributed by atoms with Crippen LogP contribution in [0, 0.1) is 5.82 Å². The predicted molar refractivity (Wildman–Crippen MR) is 83.4 cm³/mol. The molecular weight excluding hydrogens is 299 g/mol. The molecule has 0 aromatic heterocycles. The fourth-order valence-electron chi connectivity index (χ4n) is 3.81. The lowest BCUT2D eigenvalue weighted by molar-refractivity contribution is -0.125. The maximum Gasteiger partial charge on any atom is 0.239 e. The summed E-state index contributed by atoms with van der Waals surface area (Å²) in [5.74, 6) is -0.588. The van der Waals surface area contributed by atoms with Gasteiger partial charge in [0, 0.05) is 18.5 Å². The van der Waals surface area contributed by atoms with Crippen LogP contribution in [-0.2, 0) is 10.2 Å². The number of nitrogens with one attached hydrogen (secondary N) is 2. The van der Waals surface area contributed by atoms with Crippen molar-refractivity contribution < 1.29 is 19.4 Å². The van der Waals surface area contributed by atoms with Crippen molar-refractivity contribution in [2.24, 2.45) is 0 Å². The van der Waals surface area contributed by atoms with Gasteiger partial charge in [0.05, 0.1) is 6.10 Å². The van der Waals surface area contributed by atoms with E-state index in [1.807, 2.05) is 6.07 Å². The molecule has 1 amide bonds. The molecule has 5 nitrogen and oxygen atoms in total. The summed E-state index contributed by atoms with van der Waals surface area (Å²) in [4.78, 5) is 12.3. The summed E-state index contributed by atoms with van der Waals surface area (Å²) in [6.07, 6.45) is 1.64. The molecule has 3 rings (SSSR count). The number of hydrogen-bond acceptors (Lipinski definition) is 4. The van der Waals surface area contributed by atoms with E-state index in [9.17, 15) is 19.4 Å². The number of amides is 1. The molecule has 0 unspecified atom stereocenters. The standard InChI is InChI=1S/C17H23FN2O3/c18-12-6-2-1-5-11(12)17(7-3-4-8-17)10-20-16(23)14-15(22)13(21)9-19-14/h1-2,5-6,13-15,19,21-22H,3-4,7-10H2,(H,20,23)/t13-,14-,15-/m1/s1. The summed E-state index contributed by atoms with van der Waals surface area (Å²) in [5.41, 5.74) is 0.265. The van der Waals surface area contributed by atoms with Crippen molar-refractivity contribution in [1.82, 2.24) is 10.6 Å². The number of rotatable bonds is 4. The van der Waals surface area contributed by atoms with E-state index >= 15 is 0 Å². The van der Waals surface area contributed by atoms with Gasteiger partial charge in [-0.1, -0.05) is 31.0 Å². The van der Waals surface area contributed by atoms with Crippen molar-refractivity contribution in [3.05, 3.63) is 35.6 Å². The smallest absolute Gasteiger partial charge is 0.239 e. The molecule has 4 N–H and O–H groups in total. The van der Waals surface area contributed by atoms with Crippen LogP contribution >= 0.6 is 0 Å². The minimum absolute atomic E-state index is 0.192. The largest absolute Gasteiger partial charge is 0.389 e. The molecule has 1 aliphatic heterocycles. The minimum atomic E-state index is -1.11. The molecule has 1 aromatic carbocycles. The topological polar surface area (TPSA) is 81.6 Å². The van der Waals surface area contributed by atoms with Crippen LogP contribution in [0.1, 0.15) is 31.2 Å². The van der Waals surface area contributed by atoms with Gasteiger partial charge < -0.3 is 20.8 Å². The highest BCUT2D eigenvalue weighted by Gasteiger charge is 2.41. The third-order valence-electron chi connectivity index (χ3n) is 5.17. The van der Waals surface area contributed by atoms with Crippen LogP contribution in [0.2, 0.25) is 0 Å². The lowest BCUT2D eigenvalue weighted by Gasteiger charge is -2.31. The van der Waals surface area contributed by atoms with Crippen molar-refractivity contribution in [1.29, 1.82) is 0 Å². The summed E-state index contributed by atoms with van der Waals surface area (Å²) < 4.78 is 14.2. The van der Waals surface area contributed by atoms with E-state index in [-0.39, 0.29) is 23.7 Å². The number of halogens is 1. The average molecular weight is 322 g/mol. The van der Waals surface area contributed by atoms with Crippen LogP contribution in [0.3, 0.4) is 0 Å². The van der Waals surface area contributed by atoms with Gasteiger partial charge in [0.2, 0.25) is 5.91 Å². The number of carbonyl (C=O) groups is 1. The van der Waals surface area contributed by atoms with Crippen molar-refractivity contribution in [3.63, 3.8) is 0 Å². The second-order valence-corrected chi connectivity index (χ2v) is 6.63. The molecule has 3 atom stereocenters. The highest BCUT2D eigenvalue weighted by atomic mass is 19.1. The maximum atomic E-state index is 14.2. The Morgan fingerprint density at radius 3 is 2.61 bits per heavy atom. The van der Waals surface area contributed by atoms with E-state index in [1.54, 1.807) is 12.1 Å². The Bertz CT molecular complexity index is 575. The van der Waals surface area contributed by atoms with Crippen molar-refractivity contribution in [2.45, 2.75) is 49.3 Å². The monoisotopic (exact) mass is 322 g/mol. The second kappa shape index (κ2) is 6.55. The lowest BCUT2D eigenvalue weighted by atomic mass is 9.78. The van der Waals surface area contributed by atoms with E-state index in [2.05, 4.69) is 10.6 Å². The lowest BCUT2D eigenvalue weighted by Crippen LogP contribution is -2.50. The molecule has 6 heteroatoms. The Hall–Kier alpha value is -1.50. The molecule has 23 heavy (non-hydrogen) atoms. The normalized spacial score (nSPS) is 29.6. The molecule has 1 saturated carbocycles. The van der Waals surface area contributed by atoms with E-state index < -0.39 is 18.2 Å². The minimum Gasteiger partial charge on any atom is -0.389 e. The van der Waals surface area contributed by atoms with Crippen LogP contribution < -0.4 is 10.6 Å². The first-order valence-corrected chi connectivity index (χ1v) is 8.16. The van der Waals surface area contributed by atoms with Gasteiger partial charge in [-0.2, -0.15) is 0 Å². The zero-order chi connectivity index (χ0) is 16.4. The molecule has 2 fully saturated rings. The number of benzene rings is 1. The van der Waals surface area contributed by atoms with Crippen molar-refractivity contribution in [3.8, 4) is 0 Å². The Morgan fingerprint density at radius 1 is 1.30 bits per heavy atom. The Morgan fingerprint density at radius 2 is 2.00 bits per heavy atom. The molecule has 0 spiro atoms. The molecular formula is C17H23FN2O3. The molecule has 0 bridgehead atoms. The van der Waals surface area contributed by atoms with Crippen LogP contribution in [0.4, 0.5) is 4.39 Å². The number of aliphatic hydroxyl groups is 2. The highest BCUT2D eigenvalue weighted by Crippen LogP contribution is 2.41.